The molecule has 0 aliphatic heterocycles. The van der Waals surface area contributed by atoms with E-state index in [9.17, 15) is 8.78 Å². The molecule has 0 heterocycles. The van der Waals surface area contributed by atoms with Gasteiger partial charge in [0, 0.05) is 24.7 Å². The van der Waals surface area contributed by atoms with Crippen LogP contribution in [0.2, 0.25) is 0 Å². The van der Waals surface area contributed by atoms with Crippen molar-refractivity contribution in [3.8, 4) is 0 Å². The molecule has 82 valence electrons. The van der Waals surface area contributed by atoms with Crippen molar-refractivity contribution in [3.05, 3.63) is 35.4 Å². The second-order valence-corrected chi connectivity index (χ2v) is 3.93. The smallest absolute Gasteiger partial charge is 0.126 e. The molecule has 1 aliphatic carbocycles. The minimum atomic E-state index is -0.555. The third kappa shape index (κ3) is 2.73. The molecule has 0 radical (unpaired) electrons. The van der Waals surface area contributed by atoms with E-state index in [1.54, 1.807) is 0 Å². The van der Waals surface area contributed by atoms with Gasteiger partial charge in [0.15, 0.2) is 0 Å². The molecule has 1 aliphatic rings. The molecule has 0 bridgehead atoms. The number of halogens is 2. The van der Waals surface area contributed by atoms with Gasteiger partial charge in [-0.05, 0) is 30.5 Å². The minimum absolute atomic E-state index is 0.150. The van der Waals surface area contributed by atoms with Crippen molar-refractivity contribution in [1.82, 2.24) is 5.32 Å². The van der Waals surface area contributed by atoms with Gasteiger partial charge in [-0.1, -0.05) is 0 Å². The van der Waals surface area contributed by atoms with Crippen molar-refractivity contribution in [3.63, 3.8) is 0 Å². The largest absolute Gasteiger partial charge is 0.329 e. The molecule has 15 heavy (non-hydrogen) atoms. The molecule has 4 heteroatoms. The van der Waals surface area contributed by atoms with Gasteiger partial charge in [-0.15, -0.1) is 0 Å². The Morgan fingerprint density at radius 1 is 1.27 bits per heavy atom. The molecule has 1 atom stereocenters. The molecule has 1 unspecified atom stereocenters. The predicted molar refractivity (Wildman–Crippen MR) is 54.3 cm³/mol. The standard InChI is InChI=1S/C11H14F2N2/c12-8-3-7(4-9(13)5-8)11(6-14)15-10-1-2-10/h3-5,10-11,15H,1-2,6,14H2. The Morgan fingerprint density at radius 2 is 1.87 bits per heavy atom. The topological polar surface area (TPSA) is 38.0 Å². The van der Waals surface area contributed by atoms with E-state index in [1.165, 1.54) is 12.1 Å². The fourth-order valence-electron chi connectivity index (χ4n) is 1.61. The molecule has 0 spiro atoms. The van der Waals surface area contributed by atoms with Crippen LogP contribution in [-0.2, 0) is 0 Å². The summed E-state index contributed by atoms with van der Waals surface area (Å²) >= 11 is 0. The van der Waals surface area contributed by atoms with E-state index >= 15 is 0 Å². The Kier molecular flexibility index (Phi) is 2.98. The summed E-state index contributed by atoms with van der Waals surface area (Å²) in [5.74, 6) is -1.11. The van der Waals surface area contributed by atoms with Crippen LogP contribution in [0.4, 0.5) is 8.78 Å². The molecule has 3 N–H and O–H groups in total. The van der Waals surface area contributed by atoms with Gasteiger partial charge >= 0.3 is 0 Å². The van der Waals surface area contributed by atoms with Crippen molar-refractivity contribution in [2.75, 3.05) is 6.54 Å². The molecule has 2 nitrogen and oxygen atoms in total. The summed E-state index contributed by atoms with van der Waals surface area (Å²) < 4.78 is 25.9. The number of rotatable bonds is 4. The van der Waals surface area contributed by atoms with Gasteiger partial charge in [-0.2, -0.15) is 0 Å². The molecular weight excluding hydrogens is 198 g/mol. The molecule has 0 aromatic heterocycles. The summed E-state index contributed by atoms with van der Waals surface area (Å²) in [5, 5.41) is 3.25. The summed E-state index contributed by atoms with van der Waals surface area (Å²) in [4.78, 5) is 0. The Labute approximate surface area is 87.5 Å². The highest BCUT2D eigenvalue weighted by Gasteiger charge is 2.25. The van der Waals surface area contributed by atoms with Crippen molar-refractivity contribution < 1.29 is 8.78 Å². The first-order chi connectivity index (χ1) is 7.19. The number of hydrogen-bond acceptors (Lipinski definition) is 2. The van der Waals surface area contributed by atoms with Gasteiger partial charge in [0.25, 0.3) is 0 Å². The van der Waals surface area contributed by atoms with Crippen LogP contribution in [0.5, 0.6) is 0 Å². The monoisotopic (exact) mass is 212 g/mol. The lowest BCUT2D eigenvalue weighted by Gasteiger charge is -2.17. The highest BCUT2D eigenvalue weighted by atomic mass is 19.1. The molecule has 0 saturated heterocycles. The van der Waals surface area contributed by atoms with Gasteiger partial charge in [0.05, 0.1) is 0 Å². The zero-order valence-electron chi connectivity index (χ0n) is 8.34. The van der Waals surface area contributed by atoms with Crippen molar-refractivity contribution in [1.29, 1.82) is 0 Å². The molecule has 1 aromatic carbocycles. The highest BCUT2D eigenvalue weighted by Crippen LogP contribution is 2.24. The van der Waals surface area contributed by atoms with Gasteiger partial charge < -0.3 is 11.1 Å². The fourth-order valence-corrected chi connectivity index (χ4v) is 1.61. The summed E-state index contributed by atoms with van der Waals surface area (Å²) in [5.41, 5.74) is 6.16. The van der Waals surface area contributed by atoms with Gasteiger partial charge in [-0.3, -0.25) is 0 Å². The average Bonchev–Trinajstić information content (AvgIpc) is 2.96. The molecule has 1 aromatic rings. The van der Waals surface area contributed by atoms with Crippen LogP contribution in [0.3, 0.4) is 0 Å². The lowest BCUT2D eigenvalue weighted by atomic mass is 10.1. The van der Waals surface area contributed by atoms with Crippen LogP contribution in [0.25, 0.3) is 0 Å². The van der Waals surface area contributed by atoms with Crippen molar-refractivity contribution in [2.24, 2.45) is 5.73 Å². The Morgan fingerprint density at radius 3 is 2.33 bits per heavy atom. The maximum absolute atomic E-state index is 13.0. The lowest BCUT2D eigenvalue weighted by molar-refractivity contribution is 0.522. The van der Waals surface area contributed by atoms with Crippen molar-refractivity contribution >= 4 is 0 Å². The average molecular weight is 212 g/mol. The SMILES string of the molecule is NCC(NC1CC1)c1cc(F)cc(F)c1. The lowest BCUT2D eigenvalue weighted by Crippen LogP contribution is -2.30. The zero-order chi connectivity index (χ0) is 10.8. The minimum Gasteiger partial charge on any atom is -0.329 e. The van der Waals surface area contributed by atoms with E-state index < -0.39 is 11.6 Å². The third-order valence-electron chi connectivity index (χ3n) is 2.54. The maximum atomic E-state index is 13.0. The summed E-state index contributed by atoms with van der Waals surface area (Å²) in [6, 6.07) is 3.84. The molecular formula is C11H14F2N2. The van der Waals surface area contributed by atoms with E-state index in [0.29, 0.717) is 18.2 Å². The van der Waals surface area contributed by atoms with Crippen LogP contribution in [0, 0.1) is 11.6 Å². The third-order valence-corrected chi connectivity index (χ3v) is 2.54. The highest BCUT2D eigenvalue weighted by molar-refractivity contribution is 5.22. The Hall–Kier alpha value is -1.00. The fraction of sp³-hybridized carbons (Fsp3) is 0.455. The van der Waals surface area contributed by atoms with Crippen LogP contribution in [0.15, 0.2) is 18.2 Å². The van der Waals surface area contributed by atoms with Gasteiger partial charge in [0.2, 0.25) is 0 Å². The van der Waals surface area contributed by atoms with E-state index in [-0.39, 0.29) is 6.04 Å². The predicted octanol–water partition coefficient (Wildman–Crippen LogP) is 1.72. The maximum Gasteiger partial charge on any atom is 0.126 e. The van der Waals surface area contributed by atoms with Gasteiger partial charge in [0.1, 0.15) is 11.6 Å². The quantitative estimate of drug-likeness (QED) is 0.797. The van der Waals surface area contributed by atoms with Crippen LogP contribution in [-0.4, -0.2) is 12.6 Å². The second-order valence-electron chi connectivity index (χ2n) is 3.93. The summed E-state index contributed by atoms with van der Waals surface area (Å²) in [6.45, 7) is 0.347. The molecule has 1 saturated carbocycles. The molecule has 2 rings (SSSR count). The van der Waals surface area contributed by atoms with E-state index in [2.05, 4.69) is 5.32 Å². The van der Waals surface area contributed by atoms with E-state index in [4.69, 9.17) is 5.73 Å². The number of benzene rings is 1. The van der Waals surface area contributed by atoms with Crippen molar-refractivity contribution in [2.45, 2.75) is 24.9 Å². The van der Waals surface area contributed by atoms with Crippen LogP contribution in [0.1, 0.15) is 24.4 Å². The second kappa shape index (κ2) is 4.24. The van der Waals surface area contributed by atoms with E-state index in [0.717, 1.165) is 18.9 Å². The first-order valence-electron chi connectivity index (χ1n) is 5.11. The summed E-state index contributed by atoms with van der Waals surface area (Å²) in [6.07, 6.45) is 2.24. The molecule has 1 fully saturated rings. The Balaban J connectivity index is 2.16. The van der Waals surface area contributed by atoms with Gasteiger partial charge in [-0.25, -0.2) is 8.78 Å². The number of hydrogen-bond donors (Lipinski definition) is 2. The van der Waals surface area contributed by atoms with Crippen LogP contribution >= 0.6 is 0 Å². The zero-order valence-corrected chi connectivity index (χ0v) is 8.34. The molecule has 0 amide bonds. The van der Waals surface area contributed by atoms with E-state index in [1.807, 2.05) is 0 Å². The Bertz CT molecular complexity index is 330. The first-order valence-corrected chi connectivity index (χ1v) is 5.11. The number of nitrogens with one attached hydrogen (secondary N) is 1. The summed E-state index contributed by atoms with van der Waals surface area (Å²) in [7, 11) is 0. The first kappa shape index (κ1) is 10.5. The number of nitrogens with two attached hydrogens (primary N) is 1. The normalized spacial score (nSPS) is 17.8. The van der Waals surface area contributed by atoms with Crippen LogP contribution < -0.4 is 11.1 Å².